The second-order valence-corrected chi connectivity index (χ2v) is 4.77. The Morgan fingerprint density at radius 3 is 2.67 bits per heavy atom. The van der Waals surface area contributed by atoms with Gasteiger partial charge in [-0.1, -0.05) is 6.92 Å². The molecule has 2 amide bonds. The van der Waals surface area contributed by atoms with E-state index >= 15 is 0 Å². The summed E-state index contributed by atoms with van der Waals surface area (Å²) in [6.07, 6.45) is -1.55. The molecule has 4 atom stereocenters. The van der Waals surface area contributed by atoms with Gasteiger partial charge in [0.05, 0.1) is 25.8 Å². The van der Waals surface area contributed by atoms with Gasteiger partial charge < -0.3 is 24.9 Å². The van der Waals surface area contributed by atoms with Crippen LogP contribution in [0, 0.1) is 10.1 Å². The zero-order valence-corrected chi connectivity index (χ0v) is 11.4. The molecule has 0 aromatic heterocycles. The summed E-state index contributed by atoms with van der Waals surface area (Å²) in [5.74, 6) is -0.587. The minimum absolute atomic E-state index is 0.0370. The van der Waals surface area contributed by atoms with Crippen molar-refractivity contribution in [2.75, 3.05) is 19.8 Å². The van der Waals surface area contributed by atoms with Gasteiger partial charge in [0.2, 0.25) is 11.8 Å². The Balaban J connectivity index is 1.80. The molecule has 0 radical (unpaired) electrons. The van der Waals surface area contributed by atoms with Crippen molar-refractivity contribution in [1.29, 1.82) is 0 Å². The maximum absolute atomic E-state index is 11.7. The standard InChI is InChI=1S/C11H17N3O7/c1-2-8(15)12-3-9(16)13-6-4-19-11-7(21-14(17)18)5-20-10(6)11/h6-7,10-11H,2-5H2,1H3,(H,12,15)(H,13,16)/t6-,7+,10+,11+/m0/s1. The van der Waals surface area contributed by atoms with Crippen LogP contribution in [-0.2, 0) is 23.9 Å². The molecule has 2 N–H and O–H groups in total. The third-order valence-corrected chi connectivity index (χ3v) is 3.34. The first-order valence-electron chi connectivity index (χ1n) is 6.61. The van der Waals surface area contributed by atoms with Gasteiger partial charge in [0.1, 0.15) is 12.2 Å². The maximum atomic E-state index is 11.7. The molecule has 10 nitrogen and oxygen atoms in total. The molecule has 2 aliphatic heterocycles. The average molecular weight is 303 g/mol. The van der Waals surface area contributed by atoms with Crippen LogP contribution < -0.4 is 10.6 Å². The van der Waals surface area contributed by atoms with Crippen LogP contribution >= 0.6 is 0 Å². The van der Waals surface area contributed by atoms with E-state index in [-0.39, 0.29) is 31.6 Å². The van der Waals surface area contributed by atoms with Gasteiger partial charge in [0, 0.05) is 6.42 Å². The lowest BCUT2D eigenvalue weighted by molar-refractivity contribution is -0.769. The van der Waals surface area contributed by atoms with Crippen molar-refractivity contribution in [3.8, 4) is 0 Å². The van der Waals surface area contributed by atoms with Crippen LogP contribution in [0.3, 0.4) is 0 Å². The van der Waals surface area contributed by atoms with E-state index in [2.05, 4.69) is 15.5 Å². The van der Waals surface area contributed by atoms with Crippen LogP contribution in [0.15, 0.2) is 0 Å². The van der Waals surface area contributed by atoms with E-state index in [0.717, 1.165) is 0 Å². The monoisotopic (exact) mass is 303 g/mol. The van der Waals surface area contributed by atoms with Gasteiger partial charge in [0.25, 0.3) is 5.09 Å². The van der Waals surface area contributed by atoms with E-state index in [9.17, 15) is 19.7 Å². The molecular weight excluding hydrogens is 286 g/mol. The molecule has 2 heterocycles. The number of amides is 2. The molecule has 2 fully saturated rings. The van der Waals surface area contributed by atoms with Crippen molar-refractivity contribution in [1.82, 2.24) is 10.6 Å². The van der Waals surface area contributed by atoms with E-state index in [0.29, 0.717) is 6.42 Å². The first-order valence-corrected chi connectivity index (χ1v) is 6.61. The average Bonchev–Trinajstić information content (AvgIpc) is 3.00. The van der Waals surface area contributed by atoms with E-state index in [1.807, 2.05) is 0 Å². The van der Waals surface area contributed by atoms with E-state index in [1.165, 1.54) is 0 Å². The third-order valence-electron chi connectivity index (χ3n) is 3.34. The zero-order chi connectivity index (χ0) is 15.4. The molecule has 0 aromatic rings. The van der Waals surface area contributed by atoms with Crippen molar-refractivity contribution < 1.29 is 29.0 Å². The first kappa shape index (κ1) is 15.4. The highest BCUT2D eigenvalue weighted by Gasteiger charge is 2.49. The number of carbonyl (C=O) groups excluding carboxylic acids is 2. The van der Waals surface area contributed by atoms with Crippen LogP contribution in [0.2, 0.25) is 0 Å². The Morgan fingerprint density at radius 1 is 1.29 bits per heavy atom. The van der Waals surface area contributed by atoms with Crippen LogP contribution in [0.25, 0.3) is 0 Å². The van der Waals surface area contributed by atoms with Gasteiger partial charge in [-0.15, -0.1) is 10.1 Å². The lowest BCUT2D eigenvalue weighted by atomic mass is 10.1. The summed E-state index contributed by atoms with van der Waals surface area (Å²) < 4.78 is 10.8. The topological polar surface area (TPSA) is 129 Å². The lowest BCUT2D eigenvalue weighted by Gasteiger charge is -2.17. The number of hydrogen-bond acceptors (Lipinski definition) is 7. The van der Waals surface area contributed by atoms with Crippen molar-refractivity contribution in [3.63, 3.8) is 0 Å². The molecular formula is C11H17N3O7. The number of hydrogen-bond donors (Lipinski definition) is 2. The fraction of sp³-hybridized carbons (Fsp3) is 0.818. The third kappa shape index (κ3) is 3.79. The second-order valence-electron chi connectivity index (χ2n) is 4.77. The highest BCUT2D eigenvalue weighted by Crippen LogP contribution is 2.28. The summed E-state index contributed by atoms with van der Waals surface area (Å²) in [4.78, 5) is 37.6. The molecule has 0 aromatic carbocycles. The van der Waals surface area contributed by atoms with E-state index in [4.69, 9.17) is 9.47 Å². The second kappa shape index (κ2) is 6.68. The van der Waals surface area contributed by atoms with Crippen LogP contribution in [-0.4, -0.2) is 61.0 Å². The van der Waals surface area contributed by atoms with Gasteiger partial charge >= 0.3 is 0 Å². The normalized spacial score (nSPS) is 30.5. The molecule has 21 heavy (non-hydrogen) atoms. The molecule has 0 spiro atoms. The van der Waals surface area contributed by atoms with Gasteiger partial charge in [-0.05, 0) is 0 Å². The summed E-state index contributed by atoms with van der Waals surface area (Å²) in [5, 5.41) is 14.6. The van der Waals surface area contributed by atoms with Crippen LogP contribution in [0.4, 0.5) is 0 Å². The molecule has 0 unspecified atom stereocenters. The molecule has 0 saturated carbocycles. The number of fused-ring (bicyclic) bond motifs is 1. The van der Waals surface area contributed by atoms with E-state index < -0.39 is 29.4 Å². The number of rotatable bonds is 6. The first-order chi connectivity index (χ1) is 10.0. The molecule has 118 valence electrons. The molecule has 2 rings (SSSR count). The van der Waals surface area contributed by atoms with Crippen molar-refractivity contribution in [2.45, 2.75) is 37.7 Å². The van der Waals surface area contributed by atoms with Crippen molar-refractivity contribution >= 4 is 11.8 Å². The molecule has 0 bridgehead atoms. The molecule has 0 aliphatic carbocycles. The number of nitrogens with one attached hydrogen (secondary N) is 2. The number of ether oxygens (including phenoxy) is 2. The Morgan fingerprint density at radius 2 is 2.00 bits per heavy atom. The Labute approximate surface area is 120 Å². The summed E-state index contributed by atoms with van der Waals surface area (Å²) in [5.41, 5.74) is 0. The maximum Gasteiger partial charge on any atom is 0.294 e. The van der Waals surface area contributed by atoms with E-state index in [1.54, 1.807) is 6.92 Å². The quantitative estimate of drug-likeness (QED) is 0.445. The van der Waals surface area contributed by atoms with Gasteiger partial charge in [-0.2, -0.15) is 0 Å². The predicted octanol–water partition coefficient (Wildman–Crippen LogP) is -1.63. The largest absolute Gasteiger partial charge is 0.371 e. The lowest BCUT2D eigenvalue weighted by Crippen LogP contribution is -2.47. The van der Waals surface area contributed by atoms with Crippen LogP contribution in [0.5, 0.6) is 0 Å². The minimum Gasteiger partial charge on any atom is -0.371 e. The Bertz CT molecular complexity index is 430. The Hall–Kier alpha value is -1.94. The van der Waals surface area contributed by atoms with Gasteiger partial charge in [0.15, 0.2) is 6.10 Å². The predicted molar refractivity (Wildman–Crippen MR) is 66.6 cm³/mol. The fourth-order valence-corrected chi connectivity index (χ4v) is 2.35. The zero-order valence-electron chi connectivity index (χ0n) is 11.4. The molecule has 10 heteroatoms. The Kier molecular flexibility index (Phi) is 4.91. The number of nitrogens with zero attached hydrogens (tertiary/aromatic N) is 1. The fourth-order valence-electron chi connectivity index (χ4n) is 2.35. The van der Waals surface area contributed by atoms with Gasteiger partial charge in [-0.25, -0.2) is 0 Å². The minimum atomic E-state index is -0.883. The SMILES string of the molecule is CCC(=O)NCC(=O)N[C@H]1CO[C@H]2[C@@H]1OC[C@H]2O[N+](=O)[O-]. The highest BCUT2D eigenvalue weighted by molar-refractivity contribution is 5.84. The summed E-state index contributed by atoms with van der Waals surface area (Å²) in [7, 11) is 0. The number of carbonyl (C=O) groups is 2. The smallest absolute Gasteiger partial charge is 0.294 e. The summed E-state index contributed by atoms with van der Waals surface area (Å²) in [6, 6.07) is -0.415. The van der Waals surface area contributed by atoms with Gasteiger partial charge in [-0.3, -0.25) is 9.59 Å². The van der Waals surface area contributed by atoms with Crippen molar-refractivity contribution in [3.05, 3.63) is 10.1 Å². The molecule has 2 aliphatic rings. The van der Waals surface area contributed by atoms with Crippen molar-refractivity contribution in [2.24, 2.45) is 0 Å². The highest BCUT2D eigenvalue weighted by atomic mass is 17.0. The van der Waals surface area contributed by atoms with Crippen LogP contribution in [0.1, 0.15) is 13.3 Å². The molecule has 2 saturated heterocycles. The summed E-state index contributed by atoms with van der Waals surface area (Å²) >= 11 is 0. The summed E-state index contributed by atoms with van der Waals surface area (Å²) in [6.45, 7) is 1.77.